The summed E-state index contributed by atoms with van der Waals surface area (Å²) in [6.07, 6.45) is -0.515. The van der Waals surface area contributed by atoms with Gasteiger partial charge in [0, 0.05) is 5.54 Å². The second kappa shape index (κ2) is 4.71. The fraction of sp³-hybridized carbons (Fsp3) is 0.375. The van der Waals surface area contributed by atoms with Gasteiger partial charge in [-0.05, 0) is 44.3 Å². The maximum atomic E-state index is 10.7. The van der Waals surface area contributed by atoms with E-state index in [1.54, 1.807) is 0 Å². The van der Waals surface area contributed by atoms with E-state index in [4.69, 9.17) is 0 Å². The van der Waals surface area contributed by atoms with Gasteiger partial charge in [0.25, 0.3) is 0 Å². The molecule has 0 radical (unpaired) electrons. The summed E-state index contributed by atoms with van der Waals surface area (Å²) in [6.45, 7) is 4.11. The van der Waals surface area contributed by atoms with E-state index in [0.717, 1.165) is 10.9 Å². The van der Waals surface area contributed by atoms with Gasteiger partial charge in [0.2, 0.25) is 0 Å². The first-order valence-corrected chi connectivity index (χ1v) is 6.27. The average molecular weight is 243 g/mol. The number of aliphatic hydroxyl groups excluding tert-OH is 1. The standard InChI is InChI=1S/C16H21NO/c1-16(2,17(3)4)15(18)14-11-7-9-12-8-5-6-10-13(12)14/h5-11,15,18H,1-4H3. The number of hydrogen-bond donors (Lipinski definition) is 1. The lowest BCUT2D eigenvalue weighted by molar-refractivity contribution is 0.0173. The summed E-state index contributed by atoms with van der Waals surface area (Å²) in [6, 6.07) is 14.3. The van der Waals surface area contributed by atoms with Crippen LogP contribution in [-0.4, -0.2) is 29.6 Å². The van der Waals surface area contributed by atoms with E-state index in [2.05, 4.69) is 36.9 Å². The second-order valence-corrected chi connectivity index (χ2v) is 5.52. The number of rotatable bonds is 3. The lowest BCUT2D eigenvalue weighted by Gasteiger charge is -2.37. The molecular formula is C16H21NO. The topological polar surface area (TPSA) is 23.5 Å². The van der Waals surface area contributed by atoms with E-state index in [-0.39, 0.29) is 5.54 Å². The fourth-order valence-corrected chi connectivity index (χ4v) is 2.11. The molecule has 2 aromatic carbocycles. The van der Waals surface area contributed by atoms with Crippen LogP contribution in [0.3, 0.4) is 0 Å². The summed E-state index contributed by atoms with van der Waals surface area (Å²) in [5.74, 6) is 0. The van der Waals surface area contributed by atoms with Gasteiger partial charge in [0.15, 0.2) is 0 Å². The monoisotopic (exact) mass is 243 g/mol. The highest BCUT2D eigenvalue weighted by Gasteiger charge is 2.31. The van der Waals surface area contributed by atoms with Gasteiger partial charge in [-0.3, -0.25) is 0 Å². The molecule has 0 spiro atoms. The molecule has 0 fully saturated rings. The van der Waals surface area contributed by atoms with Crippen molar-refractivity contribution in [3.63, 3.8) is 0 Å². The Morgan fingerprint density at radius 3 is 2.28 bits per heavy atom. The molecule has 18 heavy (non-hydrogen) atoms. The van der Waals surface area contributed by atoms with Crippen LogP contribution in [0.4, 0.5) is 0 Å². The van der Waals surface area contributed by atoms with Gasteiger partial charge in [0.1, 0.15) is 0 Å². The predicted octanol–water partition coefficient (Wildman–Crippen LogP) is 3.21. The first kappa shape index (κ1) is 13.1. The number of likely N-dealkylation sites (N-methyl/N-ethyl adjacent to an activating group) is 1. The van der Waals surface area contributed by atoms with Crippen LogP contribution in [0.5, 0.6) is 0 Å². The highest BCUT2D eigenvalue weighted by Crippen LogP contribution is 2.33. The molecule has 0 aliphatic heterocycles. The number of nitrogens with zero attached hydrogens (tertiary/aromatic N) is 1. The van der Waals surface area contributed by atoms with Crippen LogP contribution in [0.25, 0.3) is 10.8 Å². The van der Waals surface area contributed by atoms with E-state index < -0.39 is 6.10 Å². The van der Waals surface area contributed by atoms with Gasteiger partial charge < -0.3 is 10.0 Å². The molecule has 2 rings (SSSR count). The summed E-state index contributed by atoms with van der Waals surface area (Å²) >= 11 is 0. The Kier molecular flexibility index (Phi) is 3.42. The normalized spacial score (nSPS) is 14.1. The molecule has 1 atom stereocenters. The van der Waals surface area contributed by atoms with E-state index >= 15 is 0 Å². The third-order valence-corrected chi connectivity index (χ3v) is 3.94. The third-order valence-electron chi connectivity index (χ3n) is 3.94. The summed E-state index contributed by atoms with van der Waals surface area (Å²) in [5, 5.41) is 13.0. The number of aliphatic hydroxyl groups is 1. The van der Waals surface area contributed by atoms with Crippen molar-refractivity contribution in [1.82, 2.24) is 4.90 Å². The second-order valence-electron chi connectivity index (χ2n) is 5.52. The molecule has 96 valence electrons. The average Bonchev–Trinajstić information content (AvgIpc) is 2.37. The van der Waals surface area contributed by atoms with E-state index in [1.807, 2.05) is 38.4 Å². The molecule has 0 aromatic heterocycles. The molecule has 0 bridgehead atoms. The van der Waals surface area contributed by atoms with Crippen molar-refractivity contribution in [1.29, 1.82) is 0 Å². The summed E-state index contributed by atoms with van der Waals surface area (Å²) in [4.78, 5) is 2.06. The molecule has 2 heteroatoms. The Morgan fingerprint density at radius 2 is 1.61 bits per heavy atom. The largest absolute Gasteiger partial charge is 0.386 e. The highest BCUT2D eigenvalue weighted by molar-refractivity contribution is 5.86. The van der Waals surface area contributed by atoms with Crippen LogP contribution in [0.2, 0.25) is 0 Å². The van der Waals surface area contributed by atoms with Crippen molar-refractivity contribution >= 4 is 10.8 Å². The minimum Gasteiger partial charge on any atom is -0.386 e. The highest BCUT2D eigenvalue weighted by atomic mass is 16.3. The van der Waals surface area contributed by atoms with Gasteiger partial charge in [0.05, 0.1) is 6.10 Å². The smallest absolute Gasteiger partial charge is 0.0973 e. The molecule has 0 saturated carbocycles. The van der Waals surface area contributed by atoms with Crippen molar-refractivity contribution in [2.45, 2.75) is 25.5 Å². The van der Waals surface area contributed by atoms with Crippen molar-refractivity contribution in [3.05, 3.63) is 48.0 Å². The van der Waals surface area contributed by atoms with Gasteiger partial charge in [-0.25, -0.2) is 0 Å². The molecule has 0 heterocycles. The molecular weight excluding hydrogens is 222 g/mol. The summed E-state index contributed by atoms with van der Waals surface area (Å²) in [5.41, 5.74) is 0.691. The zero-order valence-electron chi connectivity index (χ0n) is 11.5. The molecule has 2 aromatic rings. The van der Waals surface area contributed by atoms with Gasteiger partial charge in [-0.1, -0.05) is 42.5 Å². The van der Waals surface area contributed by atoms with Gasteiger partial charge in [-0.2, -0.15) is 0 Å². The van der Waals surface area contributed by atoms with Crippen molar-refractivity contribution in [3.8, 4) is 0 Å². The Bertz CT molecular complexity index is 540. The quantitative estimate of drug-likeness (QED) is 0.894. The first-order chi connectivity index (χ1) is 8.44. The Hall–Kier alpha value is -1.38. The summed E-state index contributed by atoms with van der Waals surface area (Å²) in [7, 11) is 3.99. The summed E-state index contributed by atoms with van der Waals surface area (Å²) < 4.78 is 0. The van der Waals surface area contributed by atoms with Crippen molar-refractivity contribution in [2.24, 2.45) is 0 Å². The molecule has 0 amide bonds. The molecule has 0 saturated heterocycles. The Morgan fingerprint density at radius 1 is 1.00 bits per heavy atom. The number of hydrogen-bond acceptors (Lipinski definition) is 2. The molecule has 1 unspecified atom stereocenters. The lowest BCUT2D eigenvalue weighted by atomic mass is 9.87. The van der Waals surface area contributed by atoms with Gasteiger partial charge in [-0.15, -0.1) is 0 Å². The molecule has 0 aliphatic rings. The number of benzene rings is 2. The van der Waals surface area contributed by atoms with Crippen molar-refractivity contribution < 1.29 is 5.11 Å². The number of fused-ring (bicyclic) bond motifs is 1. The minimum absolute atomic E-state index is 0.301. The molecule has 1 N–H and O–H groups in total. The van der Waals surface area contributed by atoms with Crippen molar-refractivity contribution in [2.75, 3.05) is 14.1 Å². The first-order valence-electron chi connectivity index (χ1n) is 6.27. The zero-order chi connectivity index (χ0) is 13.3. The Labute approximate surface area is 109 Å². The SMILES string of the molecule is CN(C)C(C)(C)C(O)c1cccc2ccccc12. The molecule has 0 aliphatic carbocycles. The fourth-order valence-electron chi connectivity index (χ4n) is 2.11. The van der Waals surface area contributed by atoms with Crippen LogP contribution >= 0.6 is 0 Å². The molecule has 2 nitrogen and oxygen atoms in total. The predicted molar refractivity (Wildman–Crippen MR) is 76.7 cm³/mol. The maximum Gasteiger partial charge on any atom is 0.0973 e. The van der Waals surface area contributed by atoms with E-state index in [0.29, 0.717) is 0 Å². The van der Waals surface area contributed by atoms with E-state index in [1.165, 1.54) is 5.39 Å². The van der Waals surface area contributed by atoms with Crippen LogP contribution in [0.15, 0.2) is 42.5 Å². The van der Waals surface area contributed by atoms with Crippen LogP contribution in [0.1, 0.15) is 25.5 Å². The zero-order valence-corrected chi connectivity index (χ0v) is 11.5. The minimum atomic E-state index is -0.515. The maximum absolute atomic E-state index is 10.7. The Balaban J connectivity index is 2.55. The van der Waals surface area contributed by atoms with E-state index in [9.17, 15) is 5.11 Å². The lowest BCUT2D eigenvalue weighted by Crippen LogP contribution is -2.43. The van der Waals surface area contributed by atoms with Crippen LogP contribution < -0.4 is 0 Å². The van der Waals surface area contributed by atoms with Gasteiger partial charge >= 0.3 is 0 Å². The van der Waals surface area contributed by atoms with Crippen LogP contribution in [-0.2, 0) is 0 Å². The third kappa shape index (κ3) is 2.14. The van der Waals surface area contributed by atoms with Crippen LogP contribution in [0, 0.1) is 0 Å².